The zero-order valence-electron chi connectivity index (χ0n) is 9.16. The average Bonchev–Trinajstić information content (AvgIpc) is 2.30. The molecule has 0 bridgehead atoms. The molecule has 3 heteroatoms. The molecule has 0 aliphatic rings. The number of nitrogens with one attached hydrogen (secondary N) is 1. The standard InChI is InChI=1S/C13H16FNO/c1-2-9-15-10-3-4-11-16-13-7-5-12(14)6-8-13/h2-8,15H,1,9-11H2. The van der Waals surface area contributed by atoms with Gasteiger partial charge in [-0.3, -0.25) is 0 Å². The third kappa shape index (κ3) is 5.32. The quantitative estimate of drug-likeness (QED) is 0.564. The van der Waals surface area contributed by atoms with Crippen molar-refractivity contribution in [2.75, 3.05) is 19.7 Å². The van der Waals surface area contributed by atoms with Crippen LogP contribution in [-0.2, 0) is 0 Å². The molecule has 1 N–H and O–H groups in total. The van der Waals surface area contributed by atoms with Gasteiger partial charge in [0, 0.05) is 13.1 Å². The minimum atomic E-state index is -0.253. The van der Waals surface area contributed by atoms with Crippen LogP contribution in [0.1, 0.15) is 0 Å². The van der Waals surface area contributed by atoms with Crippen molar-refractivity contribution in [1.29, 1.82) is 0 Å². The van der Waals surface area contributed by atoms with E-state index in [9.17, 15) is 4.39 Å². The highest BCUT2D eigenvalue weighted by Gasteiger charge is 1.91. The third-order valence-corrected chi connectivity index (χ3v) is 1.88. The molecular weight excluding hydrogens is 205 g/mol. The molecule has 0 fully saturated rings. The Kier molecular flexibility index (Phi) is 5.96. The predicted octanol–water partition coefficient (Wildman–Crippen LogP) is 2.54. The van der Waals surface area contributed by atoms with E-state index in [0.29, 0.717) is 12.4 Å². The molecule has 0 heterocycles. The Labute approximate surface area is 95.4 Å². The van der Waals surface area contributed by atoms with E-state index in [1.165, 1.54) is 12.1 Å². The van der Waals surface area contributed by atoms with Gasteiger partial charge >= 0.3 is 0 Å². The molecule has 1 aromatic carbocycles. The normalized spacial score (nSPS) is 10.6. The van der Waals surface area contributed by atoms with Crippen LogP contribution in [-0.4, -0.2) is 19.7 Å². The van der Waals surface area contributed by atoms with Gasteiger partial charge < -0.3 is 10.1 Å². The number of hydrogen-bond donors (Lipinski definition) is 1. The van der Waals surface area contributed by atoms with Crippen LogP contribution in [0, 0.1) is 5.82 Å². The van der Waals surface area contributed by atoms with Crippen LogP contribution >= 0.6 is 0 Å². The number of hydrogen-bond acceptors (Lipinski definition) is 2. The van der Waals surface area contributed by atoms with Crippen LogP contribution < -0.4 is 10.1 Å². The fraction of sp³-hybridized carbons (Fsp3) is 0.231. The largest absolute Gasteiger partial charge is 0.490 e. The van der Waals surface area contributed by atoms with Gasteiger partial charge in [-0.15, -0.1) is 6.58 Å². The number of halogens is 1. The van der Waals surface area contributed by atoms with Crippen LogP contribution in [0.4, 0.5) is 4.39 Å². The van der Waals surface area contributed by atoms with Gasteiger partial charge in [0.15, 0.2) is 0 Å². The summed E-state index contributed by atoms with van der Waals surface area (Å²) in [6, 6.07) is 5.98. The average molecular weight is 221 g/mol. The van der Waals surface area contributed by atoms with Crippen LogP contribution in [0.5, 0.6) is 5.75 Å². The first-order valence-electron chi connectivity index (χ1n) is 5.18. The topological polar surface area (TPSA) is 21.3 Å². The lowest BCUT2D eigenvalue weighted by molar-refractivity contribution is 0.362. The molecule has 0 aromatic heterocycles. The first-order valence-corrected chi connectivity index (χ1v) is 5.18. The van der Waals surface area contributed by atoms with Gasteiger partial charge in [0.25, 0.3) is 0 Å². The highest BCUT2D eigenvalue weighted by molar-refractivity contribution is 5.22. The summed E-state index contributed by atoms with van der Waals surface area (Å²) in [5.41, 5.74) is 0. The zero-order valence-corrected chi connectivity index (χ0v) is 9.16. The van der Waals surface area contributed by atoms with E-state index < -0.39 is 0 Å². The second-order valence-corrected chi connectivity index (χ2v) is 3.18. The van der Waals surface area contributed by atoms with Crippen molar-refractivity contribution in [3.05, 3.63) is 54.9 Å². The van der Waals surface area contributed by atoms with Crippen molar-refractivity contribution in [2.24, 2.45) is 0 Å². The molecule has 0 aliphatic heterocycles. The van der Waals surface area contributed by atoms with Gasteiger partial charge in [-0.05, 0) is 24.3 Å². The SMILES string of the molecule is C=CCNCC=CCOc1ccc(F)cc1. The molecule has 0 radical (unpaired) electrons. The second-order valence-electron chi connectivity index (χ2n) is 3.18. The van der Waals surface area contributed by atoms with E-state index in [-0.39, 0.29) is 5.82 Å². The minimum Gasteiger partial charge on any atom is -0.490 e. The van der Waals surface area contributed by atoms with Crippen molar-refractivity contribution in [3.8, 4) is 5.75 Å². The summed E-state index contributed by atoms with van der Waals surface area (Å²) in [6.45, 7) is 5.67. The molecule has 0 amide bonds. The van der Waals surface area contributed by atoms with Gasteiger partial charge in [-0.25, -0.2) is 4.39 Å². The van der Waals surface area contributed by atoms with E-state index in [2.05, 4.69) is 11.9 Å². The molecule has 0 spiro atoms. The lowest BCUT2D eigenvalue weighted by atomic mass is 10.3. The summed E-state index contributed by atoms with van der Waals surface area (Å²) in [4.78, 5) is 0. The molecule has 1 aromatic rings. The van der Waals surface area contributed by atoms with Crippen LogP contribution in [0.25, 0.3) is 0 Å². The maximum Gasteiger partial charge on any atom is 0.123 e. The van der Waals surface area contributed by atoms with Crippen LogP contribution in [0.15, 0.2) is 49.1 Å². The van der Waals surface area contributed by atoms with E-state index >= 15 is 0 Å². The molecule has 0 aliphatic carbocycles. The molecule has 0 saturated heterocycles. The molecule has 86 valence electrons. The maximum atomic E-state index is 12.6. The number of ether oxygens (including phenoxy) is 1. The summed E-state index contributed by atoms with van der Waals surface area (Å²) in [6.07, 6.45) is 5.70. The van der Waals surface area contributed by atoms with Gasteiger partial charge in [0.2, 0.25) is 0 Å². The van der Waals surface area contributed by atoms with E-state index in [4.69, 9.17) is 4.74 Å². The van der Waals surface area contributed by atoms with Crippen molar-refractivity contribution in [2.45, 2.75) is 0 Å². The summed E-state index contributed by atoms with van der Waals surface area (Å²) in [7, 11) is 0. The third-order valence-electron chi connectivity index (χ3n) is 1.88. The highest BCUT2D eigenvalue weighted by atomic mass is 19.1. The summed E-state index contributed by atoms with van der Waals surface area (Å²) < 4.78 is 17.9. The van der Waals surface area contributed by atoms with Crippen molar-refractivity contribution >= 4 is 0 Å². The molecule has 2 nitrogen and oxygen atoms in total. The minimum absolute atomic E-state index is 0.253. The molecule has 1 rings (SSSR count). The van der Waals surface area contributed by atoms with Gasteiger partial charge in [-0.2, -0.15) is 0 Å². The molecule has 0 atom stereocenters. The Morgan fingerprint density at radius 2 is 1.94 bits per heavy atom. The van der Waals surface area contributed by atoms with Crippen molar-refractivity contribution < 1.29 is 9.13 Å². The van der Waals surface area contributed by atoms with Crippen LogP contribution in [0.3, 0.4) is 0 Å². The van der Waals surface area contributed by atoms with Crippen molar-refractivity contribution in [3.63, 3.8) is 0 Å². The smallest absolute Gasteiger partial charge is 0.123 e. The Bertz CT molecular complexity index is 332. The van der Waals surface area contributed by atoms with Crippen LogP contribution in [0.2, 0.25) is 0 Å². The Morgan fingerprint density at radius 1 is 1.19 bits per heavy atom. The first-order chi connectivity index (χ1) is 7.83. The Hall–Kier alpha value is -1.61. The van der Waals surface area contributed by atoms with Gasteiger partial charge in [-0.1, -0.05) is 18.2 Å². The lowest BCUT2D eigenvalue weighted by Crippen LogP contribution is -2.12. The molecule has 0 unspecified atom stereocenters. The Balaban J connectivity index is 2.15. The van der Waals surface area contributed by atoms with Gasteiger partial charge in [0.1, 0.15) is 18.2 Å². The van der Waals surface area contributed by atoms with E-state index in [0.717, 1.165) is 13.1 Å². The Morgan fingerprint density at radius 3 is 2.62 bits per heavy atom. The highest BCUT2D eigenvalue weighted by Crippen LogP contribution is 2.10. The zero-order chi connectivity index (χ0) is 11.6. The fourth-order valence-corrected chi connectivity index (χ4v) is 1.10. The molecular formula is C13H16FNO. The summed E-state index contributed by atoms with van der Waals surface area (Å²) in [5, 5.41) is 3.13. The predicted molar refractivity (Wildman–Crippen MR) is 64.1 cm³/mol. The number of benzene rings is 1. The molecule has 0 saturated carbocycles. The number of rotatable bonds is 7. The second kappa shape index (κ2) is 7.65. The monoisotopic (exact) mass is 221 g/mol. The first kappa shape index (κ1) is 12.5. The van der Waals surface area contributed by atoms with E-state index in [1.807, 2.05) is 18.2 Å². The molecule has 16 heavy (non-hydrogen) atoms. The van der Waals surface area contributed by atoms with Crippen molar-refractivity contribution in [1.82, 2.24) is 5.32 Å². The van der Waals surface area contributed by atoms with E-state index in [1.54, 1.807) is 12.1 Å². The lowest BCUT2D eigenvalue weighted by Gasteiger charge is -2.02. The maximum absolute atomic E-state index is 12.6. The fourth-order valence-electron chi connectivity index (χ4n) is 1.10. The summed E-state index contributed by atoms with van der Waals surface area (Å²) >= 11 is 0. The van der Waals surface area contributed by atoms with Gasteiger partial charge in [0.05, 0.1) is 0 Å². The summed E-state index contributed by atoms with van der Waals surface area (Å²) in [5.74, 6) is 0.418.